The predicted molar refractivity (Wildman–Crippen MR) is 92.4 cm³/mol. The summed E-state index contributed by atoms with van der Waals surface area (Å²) in [5, 5.41) is 25.5. The number of amides is 1. The van der Waals surface area contributed by atoms with Gasteiger partial charge < -0.3 is 5.32 Å². The fourth-order valence-electron chi connectivity index (χ4n) is 3.31. The van der Waals surface area contributed by atoms with E-state index >= 15 is 0 Å². The molecule has 0 fully saturated rings. The summed E-state index contributed by atoms with van der Waals surface area (Å²) < 4.78 is 6.35. The van der Waals surface area contributed by atoms with E-state index in [-0.39, 0.29) is 23.3 Å². The van der Waals surface area contributed by atoms with Gasteiger partial charge in [0.1, 0.15) is 5.69 Å². The molecule has 1 aliphatic carbocycles. The molecule has 1 aliphatic rings. The summed E-state index contributed by atoms with van der Waals surface area (Å²) in [5.74, 6) is -0.338. The van der Waals surface area contributed by atoms with Gasteiger partial charge in [0, 0.05) is 23.4 Å². The number of aryl methyl sites for hydroxylation is 1. The van der Waals surface area contributed by atoms with Crippen LogP contribution >= 0.6 is 0 Å². The maximum absolute atomic E-state index is 12.4. The Kier molecular flexibility index (Phi) is 4.15. The zero-order valence-corrected chi connectivity index (χ0v) is 14.5. The lowest BCUT2D eigenvalue weighted by Gasteiger charge is -2.23. The Morgan fingerprint density at radius 3 is 2.78 bits per heavy atom. The second kappa shape index (κ2) is 6.63. The third-order valence-electron chi connectivity index (χ3n) is 4.66. The van der Waals surface area contributed by atoms with E-state index < -0.39 is 4.92 Å². The summed E-state index contributed by atoms with van der Waals surface area (Å²) >= 11 is 0. The van der Waals surface area contributed by atoms with E-state index in [2.05, 4.69) is 25.4 Å². The summed E-state index contributed by atoms with van der Waals surface area (Å²) in [5.41, 5.74) is 3.29. The Bertz CT molecular complexity index is 1010. The molecule has 27 heavy (non-hydrogen) atoms. The van der Waals surface area contributed by atoms with Crippen molar-refractivity contribution in [3.63, 3.8) is 0 Å². The second-order valence-electron chi connectivity index (χ2n) is 6.35. The van der Waals surface area contributed by atoms with E-state index in [4.69, 9.17) is 0 Å². The lowest BCUT2D eigenvalue weighted by atomic mass is 9.92. The summed E-state index contributed by atoms with van der Waals surface area (Å²) in [6, 6.07) is 6.04. The monoisotopic (exact) mass is 368 g/mol. The highest BCUT2D eigenvalue weighted by molar-refractivity contribution is 5.93. The van der Waals surface area contributed by atoms with Crippen LogP contribution in [0.25, 0.3) is 5.69 Å². The Morgan fingerprint density at radius 1 is 1.33 bits per heavy atom. The minimum absolute atomic E-state index is 0.0292. The number of nitro benzene ring substituents is 1. The number of nitro groups is 1. The molecule has 1 atom stereocenters. The van der Waals surface area contributed by atoms with Gasteiger partial charge in [0.2, 0.25) is 0 Å². The Labute approximate surface area is 153 Å². The van der Waals surface area contributed by atoms with Crippen molar-refractivity contribution in [3.8, 4) is 5.69 Å². The van der Waals surface area contributed by atoms with Gasteiger partial charge in [0.25, 0.3) is 11.6 Å². The SMILES string of the molecule is Cc1nonc1C(=O)NC1CCCc2c1cnn2-c1ccc([N+](=O)[O-])cc1. The molecule has 2 heterocycles. The zero-order chi connectivity index (χ0) is 19.0. The number of hydrogen-bond donors (Lipinski definition) is 1. The molecule has 2 aromatic heterocycles. The summed E-state index contributed by atoms with van der Waals surface area (Å²) in [6.07, 6.45) is 4.21. The fraction of sp³-hybridized carbons (Fsp3) is 0.294. The fourth-order valence-corrected chi connectivity index (χ4v) is 3.31. The van der Waals surface area contributed by atoms with Gasteiger partial charge in [-0.25, -0.2) is 9.31 Å². The van der Waals surface area contributed by atoms with Crippen molar-refractivity contribution in [1.82, 2.24) is 25.4 Å². The Morgan fingerprint density at radius 2 is 2.11 bits per heavy atom. The summed E-state index contributed by atoms with van der Waals surface area (Å²) in [7, 11) is 0. The number of carbonyl (C=O) groups is 1. The van der Waals surface area contributed by atoms with Crippen LogP contribution in [0.1, 0.15) is 46.3 Å². The summed E-state index contributed by atoms with van der Waals surface area (Å²) in [6.45, 7) is 1.66. The van der Waals surface area contributed by atoms with Crippen LogP contribution in [0.2, 0.25) is 0 Å². The Hall–Kier alpha value is -3.56. The number of non-ortho nitro benzene ring substituents is 1. The molecule has 3 aromatic rings. The van der Waals surface area contributed by atoms with Crippen LogP contribution in [0.15, 0.2) is 35.1 Å². The average molecular weight is 368 g/mol. The number of nitrogens with one attached hydrogen (secondary N) is 1. The molecular weight excluding hydrogens is 352 g/mol. The molecule has 0 saturated carbocycles. The van der Waals surface area contributed by atoms with Gasteiger partial charge in [0.15, 0.2) is 5.69 Å². The van der Waals surface area contributed by atoms with Gasteiger partial charge in [-0.05, 0) is 43.5 Å². The van der Waals surface area contributed by atoms with Gasteiger partial charge in [-0.3, -0.25) is 14.9 Å². The molecule has 0 spiro atoms. The summed E-state index contributed by atoms with van der Waals surface area (Å²) in [4.78, 5) is 22.8. The van der Waals surface area contributed by atoms with Gasteiger partial charge in [-0.2, -0.15) is 5.10 Å². The number of carbonyl (C=O) groups excluding carboxylic acids is 1. The predicted octanol–water partition coefficient (Wildman–Crippen LogP) is 2.28. The number of benzene rings is 1. The molecule has 0 radical (unpaired) electrons. The molecule has 0 bridgehead atoms. The van der Waals surface area contributed by atoms with Gasteiger partial charge in [-0.1, -0.05) is 5.16 Å². The molecule has 1 unspecified atom stereocenters. The van der Waals surface area contributed by atoms with Crippen molar-refractivity contribution in [2.75, 3.05) is 0 Å². The maximum atomic E-state index is 12.4. The highest BCUT2D eigenvalue weighted by Gasteiger charge is 2.28. The van der Waals surface area contributed by atoms with Gasteiger partial charge in [0.05, 0.1) is 22.8 Å². The van der Waals surface area contributed by atoms with Crippen LogP contribution in [-0.4, -0.2) is 30.9 Å². The van der Waals surface area contributed by atoms with E-state index in [1.54, 1.807) is 29.9 Å². The maximum Gasteiger partial charge on any atom is 0.275 e. The molecule has 1 aromatic carbocycles. The van der Waals surface area contributed by atoms with Crippen LogP contribution in [0, 0.1) is 17.0 Å². The average Bonchev–Trinajstić information content (AvgIpc) is 3.28. The molecular formula is C17H16N6O4. The van der Waals surface area contributed by atoms with Crippen LogP contribution in [0.4, 0.5) is 5.69 Å². The first-order valence-corrected chi connectivity index (χ1v) is 8.46. The van der Waals surface area contributed by atoms with E-state index in [9.17, 15) is 14.9 Å². The number of fused-ring (bicyclic) bond motifs is 1. The largest absolute Gasteiger partial charge is 0.344 e. The first-order valence-electron chi connectivity index (χ1n) is 8.46. The second-order valence-corrected chi connectivity index (χ2v) is 6.35. The van der Waals surface area contributed by atoms with Crippen molar-refractivity contribution in [2.24, 2.45) is 0 Å². The van der Waals surface area contributed by atoms with Crippen molar-refractivity contribution in [3.05, 3.63) is 63.2 Å². The first-order chi connectivity index (χ1) is 13.0. The quantitative estimate of drug-likeness (QED) is 0.552. The zero-order valence-electron chi connectivity index (χ0n) is 14.5. The van der Waals surface area contributed by atoms with Crippen molar-refractivity contribution in [2.45, 2.75) is 32.2 Å². The molecule has 1 amide bonds. The smallest absolute Gasteiger partial charge is 0.275 e. The van der Waals surface area contributed by atoms with Crippen LogP contribution < -0.4 is 5.32 Å². The van der Waals surface area contributed by atoms with Crippen LogP contribution in [0.3, 0.4) is 0 Å². The standard InChI is InChI=1S/C17H16N6O4/c1-10-16(21-27-20-10)17(24)19-14-3-2-4-15-13(14)9-18-22(15)11-5-7-12(8-6-11)23(25)26/h5-9,14H,2-4H2,1H3,(H,19,24). The number of aromatic nitrogens is 4. The number of rotatable bonds is 4. The first kappa shape index (κ1) is 16.9. The van der Waals surface area contributed by atoms with E-state index in [1.165, 1.54) is 12.1 Å². The Balaban J connectivity index is 1.60. The lowest BCUT2D eigenvalue weighted by molar-refractivity contribution is -0.384. The van der Waals surface area contributed by atoms with Crippen molar-refractivity contribution in [1.29, 1.82) is 0 Å². The molecule has 1 N–H and O–H groups in total. The third kappa shape index (κ3) is 3.05. The molecule has 138 valence electrons. The van der Waals surface area contributed by atoms with Crippen LogP contribution in [-0.2, 0) is 6.42 Å². The number of hydrogen-bond acceptors (Lipinski definition) is 7. The minimum atomic E-state index is -0.436. The van der Waals surface area contributed by atoms with Crippen LogP contribution in [0.5, 0.6) is 0 Å². The van der Waals surface area contributed by atoms with E-state index in [1.807, 2.05) is 0 Å². The van der Waals surface area contributed by atoms with E-state index in [0.717, 1.165) is 36.2 Å². The molecule has 0 aliphatic heterocycles. The minimum Gasteiger partial charge on any atom is -0.344 e. The highest BCUT2D eigenvalue weighted by atomic mass is 16.6. The topological polar surface area (TPSA) is 129 Å². The van der Waals surface area contributed by atoms with Gasteiger partial charge >= 0.3 is 0 Å². The molecule has 4 rings (SSSR count). The van der Waals surface area contributed by atoms with E-state index in [0.29, 0.717) is 5.69 Å². The van der Waals surface area contributed by atoms with Crippen molar-refractivity contribution < 1.29 is 14.3 Å². The molecule has 0 saturated heterocycles. The van der Waals surface area contributed by atoms with Gasteiger partial charge in [-0.15, -0.1) is 0 Å². The highest BCUT2D eigenvalue weighted by Crippen LogP contribution is 2.31. The normalized spacial score (nSPS) is 16.0. The lowest BCUT2D eigenvalue weighted by Crippen LogP contribution is -2.31. The third-order valence-corrected chi connectivity index (χ3v) is 4.66. The number of nitrogens with zero attached hydrogens (tertiary/aromatic N) is 5. The molecule has 10 heteroatoms. The molecule has 10 nitrogen and oxygen atoms in total. The van der Waals surface area contributed by atoms with Crippen molar-refractivity contribution >= 4 is 11.6 Å².